The molecule has 0 aromatic carbocycles. The quantitative estimate of drug-likeness (QED) is 0.757. The highest BCUT2D eigenvalue weighted by atomic mass is 32.2. The maximum absolute atomic E-state index is 12.3. The van der Waals surface area contributed by atoms with Crippen LogP contribution in [0.3, 0.4) is 0 Å². The lowest BCUT2D eigenvalue weighted by atomic mass is 9.87. The molecule has 0 aliphatic carbocycles. The van der Waals surface area contributed by atoms with Crippen molar-refractivity contribution in [2.24, 2.45) is 11.8 Å². The third-order valence-electron chi connectivity index (χ3n) is 4.26. The number of carbonyl (C=O) groups is 1. The largest absolute Gasteiger partial charge is 0.298 e. The molecule has 17 heavy (non-hydrogen) atoms. The van der Waals surface area contributed by atoms with Crippen LogP contribution in [0.15, 0.2) is 0 Å². The van der Waals surface area contributed by atoms with Crippen molar-refractivity contribution < 1.29 is 4.79 Å². The monoisotopic (exact) mass is 255 g/mol. The molecule has 3 heteroatoms. The van der Waals surface area contributed by atoms with Crippen molar-refractivity contribution in [1.82, 2.24) is 4.90 Å². The van der Waals surface area contributed by atoms with Crippen LogP contribution in [0.5, 0.6) is 0 Å². The molecule has 2 rings (SSSR count). The Kier molecular flexibility index (Phi) is 3.89. The Morgan fingerprint density at radius 3 is 2.71 bits per heavy atom. The number of likely N-dealkylation sites (tertiary alicyclic amines) is 1. The van der Waals surface area contributed by atoms with Gasteiger partial charge in [0.25, 0.3) is 0 Å². The van der Waals surface area contributed by atoms with E-state index in [0.717, 1.165) is 12.5 Å². The van der Waals surface area contributed by atoms with E-state index in [1.807, 2.05) is 18.7 Å². The predicted octanol–water partition coefficient (Wildman–Crippen LogP) is 2.82. The first-order valence-corrected chi connectivity index (χ1v) is 7.97. The summed E-state index contributed by atoms with van der Waals surface area (Å²) in [6.45, 7) is 9.87. The minimum atomic E-state index is 0.123. The summed E-state index contributed by atoms with van der Waals surface area (Å²) in [5.41, 5.74) is 0.123. The van der Waals surface area contributed by atoms with E-state index in [0.29, 0.717) is 18.1 Å². The van der Waals surface area contributed by atoms with Gasteiger partial charge in [-0.2, -0.15) is 11.8 Å². The van der Waals surface area contributed by atoms with E-state index in [1.165, 1.54) is 17.9 Å². The third kappa shape index (κ3) is 2.55. The van der Waals surface area contributed by atoms with Gasteiger partial charge in [0.05, 0.1) is 6.04 Å². The standard InChI is InChI=1S/C14H25NOS/c1-5-12(16)13-11-9-17-7-6-10(11)8-15(13)14(2,3)4/h10-11,13H,5-9H2,1-4H3. The van der Waals surface area contributed by atoms with Gasteiger partial charge in [0.2, 0.25) is 0 Å². The Morgan fingerprint density at radius 1 is 1.41 bits per heavy atom. The van der Waals surface area contributed by atoms with Crippen LogP contribution in [0.25, 0.3) is 0 Å². The van der Waals surface area contributed by atoms with Crippen molar-refractivity contribution >= 4 is 17.5 Å². The van der Waals surface area contributed by atoms with Crippen molar-refractivity contribution in [1.29, 1.82) is 0 Å². The van der Waals surface area contributed by atoms with E-state index in [-0.39, 0.29) is 11.6 Å². The summed E-state index contributed by atoms with van der Waals surface area (Å²) in [5.74, 6) is 4.30. The van der Waals surface area contributed by atoms with E-state index in [9.17, 15) is 4.79 Å². The second kappa shape index (κ2) is 4.93. The molecule has 0 bridgehead atoms. The van der Waals surface area contributed by atoms with Crippen molar-refractivity contribution in [2.75, 3.05) is 18.1 Å². The zero-order valence-corrected chi connectivity index (χ0v) is 12.3. The van der Waals surface area contributed by atoms with Crippen molar-refractivity contribution in [3.05, 3.63) is 0 Å². The minimum Gasteiger partial charge on any atom is -0.298 e. The van der Waals surface area contributed by atoms with Crippen LogP contribution in [0, 0.1) is 11.8 Å². The number of hydrogen-bond acceptors (Lipinski definition) is 3. The molecule has 0 amide bonds. The molecular weight excluding hydrogens is 230 g/mol. The van der Waals surface area contributed by atoms with Gasteiger partial charge in [-0.15, -0.1) is 0 Å². The van der Waals surface area contributed by atoms with Crippen LogP contribution >= 0.6 is 11.8 Å². The number of fused-ring (bicyclic) bond motifs is 1. The highest BCUT2D eigenvalue weighted by molar-refractivity contribution is 7.99. The summed E-state index contributed by atoms with van der Waals surface area (Å²) in [7, 11) is 0. The van der Waals surface area contributed by atoms with E-state index in [1.54, 1.807) is 0 Å². The van der Waals surface area contributed by atoms with E-state index >= 15 is 0 Å². The van der Waals surface area contributed by atoms with E-state index < -0.39 is 0 Å². The van der Waals surface area contributed by atoms with Crippen LogP contribution in [-0.2, 0) is 4.79 Å². The maximum atomic E-state index is 12.3. The van der Waals surface area contributed by atoms with Gasteiger partial charge in [-0.1, -0.05) is 6.92 Å². The molecule has 2 saturated heterocycles. The molecule has 0 aromatic heterocycles. The number of nitrogens with zero attached hydrogens (tertiary/aromatic N) is 1. The Bertz CT molecular complexity index is 297. The first-order valence-electron chi connectivity index (χ1n) is 6.82. The Hall–Kier alpha value is -0.0200. The summed E-state index contributed by atoms with van der Waals surface area (Å²) in [4.78, 5) is 14.7. The number of rotatable bonds is 2. The molecular formula is C14H25NOS. The van der Waals surface area contributed by atoms with Gasteiger partial charge in [0.15, 0.2) is 0 Å². The lowest BCUT2D eigenvalue weighted by Crippen LogP contribution is -2.49. The van der Waals surface area contributed by atoms with Crippen LogP contribution in [0.4, 0.5) is 0 Å². The molecule has 0 saturated carbocycles. The van der Waals surface area contributed by atoms with Gasteiger partial charge < -0.3 is 0 Å². The lowest BCUT2D eigenvalue weighted by Gasteiger charge is -2.37. The molecule has 0 N–H and O–H groups in total. The Morgan fingerprint density at radius 2 is 2.12 bits per heavy atom. The molecule has 2 aliphatic rings. The maximum Gasteiger partial charge on any atom is 0.150 e. The molecule has 3 unspecified atom stereocenters. The fraction of sp³-hybridized carbons (Fsp3) is 0.929. The molecule has 3 atom stereocenters. The van der Waals surface area contributed by atoms with Gasteiger partial charge in [-0.25, -0.2) is 0 Å². The predicted molar refractivity (Wildman–Crippen MR) is 74.5 cm³/mol. The first-order chi connectivity index (χ1) is 7.95. The molecule has 0 spiro atoms. The normalized spacial score (nSPS) is 34.7. The summed E-state index contributed by atoms with van der Waals surface area (Å²) in [6, 6.07) is 0.192. The van der Waals surface area contributed by atoms with Gasteiger partial charge in [0, 0.05) is 18.5 Å². The fourth-order valence-electron chi connectivity index (χ4n) is 3.29. The van der Waals surface area contributed by atoms with Gasteiger partial charge in [-0.3, -0.25) is 9.69 Å². The Labute approximate surface area is 110 Å². The van der Waals surface area contributed by atoms with Crippen molar-refractivity contribution in [3.8, 4) is 0 Å². The molecule has 2 nitrogen and oxygen atoms in total. The summed E-state index contributed by atoms with van der Waals surface area (Å²) >= 11 is 2.04. The van der Waals surface area contributed by atoms with Gasteiger partial charge >= 0.3 is 0 Å². The van der Waals surface area contributed by atoms with Crippen molar-refractivity contribution in [3.63, 3.8) is 0 Å². The number of Topliss-reactive ketones (excluding diaryl/α,β-unsaturated/α-hetero) is 1. The summed E-state index contributed by atoms with van der Waals surface area (Å²) in [5, 5.41) is 0. The third-order valence-corrected chi connectivity index (χ3v) is 5.41. The van der Waals surface area contributed by atoms with Crippen LogP contribution in [-0.4, -0.2) is 40.3 Å². The molecule has 2 fully saturated rings. The molecule has 0 aromatic rings. The fourth-order valence-corrected chi connectivity index (χ4v) is 4.65. The Balaban J connectivity index is 2.23. The smallest absolute Gasteiger partial charge is 0.150 e. The number of carbonyl (C=O) groups excluding carboxylic acids is 1. The highest BCUT2D eigenvalue weighted by Crippen LogP contribution is 2.42. The van der Waals surface area contributed by atoms with Crippen LogP contribution in [0.2, 0.25) is 0 Å². The number of thioether (sulfide) groups is 1. The lowest BCUT2D eigenvalue weighted by molar-refractivity contribution is -0.125. The molecule has 0 radical (unpaired) electrons. The topological polar surface area (TPSA) is 20.3 Å². The zero-order chi connectivity index (χ0) is 12.6. The average Bonchev–Trinajstić information content (AvgIpc) is 2.67. The second-order valence-electron chi connectivity index (χ2n) is 6.38. The van der Waals surface area contributed by atoms with Crippen molar-refractivity contribution in [2.45, 2.75) is 52.1 Å². The molecule has 98 valence electrons. The van der Waals surface area contributed by atoms with Crippen LogP contribution in [0.1, 0.15) is 40.5 Å². The SMILES string of the molecule is CCC(=O)C1C2CSCCC2CN1C(C)(C)C. The first kappa shape index (κ1) is 13.4. The van der Waals surface area contributed by atoms with E-state index in [2.05, 4.69) is 25.7 Å². The van der Waals surface area contributed by atoms with Gasteiger partial charge in [0.1, 0.15) is 5.78 Å². The highest BCUT2D eigenvalue weighted by Gasteiger charge is 2.48. The molecule has 2 heterocycles. The molecule has 2 aliphatic heterocycles. The summed E-state index contributed by atoms with van der Waals surface area (Å²) in [6.07, 6.45) is 1.99. The number of hydrogen-bond donors (Lipinski definition) is 0. The second-order valence-corrected chi connectivity index (χ2v) is 7.53. The zero-order valence-electron chi connectivity index (χ0n) is 11.5. The van der Waals surface area contributed by atoms with Crippen LogP contribution < -0.4 is 0 Å². The average molecular weight is 255 g/mol. The minimum absolute atomic E-state index is 0.123. The number of ketones is 1. The van der Waals surface area contributed by atoms with E-state index in [4.69, 9.17) is 0 Å². The summed E-state index contributed by atoms with van der Waals surface area (Å²) < 4.78 is 0. The van der Waals surface area contributed by atoms with Gasteiger partial charge in [-0.05, 0) is 50.5 Å².